The molecule has 0 aliphatic heterocycles. The zero-order valence-corrected chi connectivity index (χ0v) is 9.66. The van der Waals surface area contributed by atoms with E-state index < -0.39 is 6.10 Å². The topological polar surface area (TPSA) is 58.9 Å². The maximum Gasteiger partial charge on any atom is 0.107 e. The molecule has 0 spiro atoms. The van der Waals surface area contributed by atoms with Crippen molar-refractivity contribution in [3.63, 3.8) is 0 Å². The molecule has 0 fully saturated rings. The first-order chi connectivity index (χ1) is 8.26. The van der Waals surface area contributed by atoms with Crippen LogP contribution >= 0.6 is 0 Å². The average Bonchev–Trinajstić information content (AvgIpc) is 2.37. The zero-order valence-electron chi connectivity index (χ0n) is 9.66. The van der Waals surface area contributed by atoms with Crippen LogP contribution in [0.15, 0.2) is 48.2 Å². The summed E-state index contributed by atoms with van der Waals surface area (Å²) in [5, 5.41) is 12.2. The van der Waals surface area contributed by atoms with Crippen LogP contribution in [0.1, 0.15) is 12.0 Å². The maximum absolute atomic E-state index is 10.3. The van der Waals surface area contributed by atoms with Gasteiger partial charge in [-0.3, -0.25) is 0 Å². The summed E-state index contributed by atoms with van der Waals surface area (Å²) in [7, 11) is 0. The van der Waals surface area contributed by atoms with Crippen LogP contribution in [0.3, 0.4) is 0 Å². The Morgan fingerprint density at radius 1 is 1.41 bits per heavy atom. The van der Waals surface area contributed by atoms with E-state index >= 15 is 0 Å². The quantitative estimate of drug-likeness (QED) is 0.555. The summed E-state index contributed by atoms with van der Waals surface area (Å²) < 4.78 is 5.54. The molecular weight excluding hydrogens is 218 g/mol. The van der Waals surface area contributed by atoms with Crippen LogP contribution in [0.4, 0.5) is 0 Å². The summed E-state index contributed by atoms with van der Waals surface area (Å²) in [6, 6.07) is 9.65. The summed E-state index contributed by atoms with van der Waals surface area (Å²) in [5.41, 5.74) is 1.02. The van der Waals surface area contributed by atoms with Crippen molar-refractivity contribution >= 4 is 0 Å². The fraction of sp³-hybridized carbons (Fsp3) is 0.385. The molecule has 2 atom stereocenters. The van der Waals surface area contributed by atoms with Gasteiger partial charge in [0, 0.05) is 6.42 Å². The summed E-state index contributed by atoms with van der Waals surface area (Å²) in [6.45, 7) is 3.92. The Balaban J connectivity index is 2.43. The van der Waals surface area contributed by atoms with Gasteiger partial charge in [0.05, 0.1) is 18.8 Å². The van der Waals surface area contributed by atoms with Gasteiger partial charge in [-0.2, -0.15) is 4.91 Å². The lowest BCUT2D eigenvalue weighted by Crippen LogP contribution is -2.22. The van der Waals surface area contributed by atoms with E-state index in [9.17, 15) is 10.0 Å². The Kier molecular flexibility index (Phi) is 6.14. The second-order valence-corrected chi connectivity index (χ2v) is 3.77. The number of aliphatic hydroxyl groups excluding tert-OH is 1. The van der Waals surface area contributed by atoms with Crippen LogP contribution in [0.5, 0.6) is 0 Å². The van der Waals surface area contributed by atoms with Gasteiger partial charge >= 0.3 is 0 Å². The van der Waals surface area contributed by atoms with Crippen molar-refractivity contribution in [1.82, 2.24) is 0 Å². The van der Waals surface area contributed by atoms with Crippen molar-refractivity contribution in [3.05, 3.63) is 53.5 Å². The van der Waals surface area contributed by atoms with E-state index in [1.54, 1.807) is 0 Å². The lowest BCUT2D eigenvalue weighted by Gasteiger charge is -2.16. The van der Waals surface area contributed by atoms with Gasteiger partial charge in [0.2, 0.25) is 0 Å². The monoisotopic (exact) mass is 235 g/mol. The molecule has 0 saturated carbocycles. The molecule has 0 amide bonds. The summed E-state index contributed by atoms with van der Waals surface area (Å²) in [4.78, 5) is 10.3. The number of benzene rings is 1. The van der Waals surface area contributed by atoms with E-state index in [2.05, 4.69) is 11.8 Å². The fourth-order valence-electron chi connectivity index (χ4n) is 1.43. The van der Waals surface area contributed by atoms with Crippen molar-refractivity contribution < 1.29 is 9.84 Å². The highest BCUT2D eigenvalue weighted by molar-refractivity contribution is 5.13. The Hall–Kier alpha value is -1.52. The Bertz CT molecular complexity index is 340. The third kappa shape index (κ3) is 5.38. The molecule has 1 N–H and O–H groups in total. The minimum Gasteiger partial charge on any atom is -0.389 e. The Labute approximate surface area is 101 Å². The minimum atomic E-state index is -0.669. The van der Waals surface area contributed by atoms with Crippen LogP contribution in [-0.4, -0.2) is 23.9 Å². The van der Waals surface area contributed by atoms with Crippen molar-refractivity contribution in [2.75, 3.05) is 6.54 Å². The number of hydrogen-bond donors (Lipinski definition) is 1. The number of aliphatic hydroxyl groups is 1. The molecule has 4 nitrogen and oxygen atoms in total. The molecule has 0 aliphatic carbocycles. The van der Waals surface area contributed by atoms with E-state index in [0.29, 0.717) is 13.0 Å². The second-order valence-electron chi connectivity index (χ2n) is 3.77. The molecule has 0 aromatic heterocycles. The molecular formula is C13H17NO3. The first-order valence-electron chi connectivity index (χ1n) is 5.51. The summed E-state index contributed by atoms with van der Waals surface area (Å²) in [6.07, 6.45) is 0.712. The van der Waals surface area contributed by atoms with E-state index in [1.165, 1.54) is 6.08 Å². The average molecular weight is 235 g/mol. The predicted molar refractivity (Wildman–Crippen MR) is 66.5 cm³/mol. The van der Waals surface area contributed by atoms with Gasteiger partial charge in [0.15, 0.2) is 0 Å². The van der Waals surface area contributed by atoms with Crippen LogP contribution in [0, 0.1) is 4.91 Å². The molecule has 0 heterocycles. The van der Waals surface area contributed by atoms with Gasteiger partial charge in [-0.15, -0.1) is 6.58 Å². The molecule has 2 unspecified atom stereocenters. The van der Waals surface area contributed by atoms with E-state index in [1.807, 2.05) is 30.3 Å². The fourth-order valence-corrected chi connectivity index (χ4v) is 1.43. The van der Waals surface area contributed by atoms with Crippen molar-refractivity contribution in [3.8, 4) is 0 Å². The van der Waals surface area contributed by atoms with Crippen molar-refractivity contribution in [2.24, 2.45) is 5.18 Å². The molecule has 1 aromatic carbocycles. The van der Waals surface area contributed by atoms with E-state index in [0.717, 1.165) is 5.56 Å². The molecule has 0 aliphatic rings. The standard InChI is InChI=1S/C13H17NO3/c1-2-12(15)8-13(9-14-16)17-10-11-6-4-3-5-7-11/h2-7,12-13,15H,1,8-10H2. The molecule has 92 valence electrons. The largest absolute Gasteiger partial charge is 0.389 e. The highest BCUT2D eigenvalue weighted by Crippen LogP contribution is 2.09. The molecule has 17 heavy (non-hydrogen) atoms. The molecule has 0 radical (unpaired) electrons. The number of ether oxygens (including phenoxy) is 1. The SMILES string of the molecule is C=CC(O)CC(CN=O)OCc1ccccc1. The van der Waals surface area contributed by atoms with E-state index in [4.69, 9.17) is 4.74 Å². The van der Waals surface area contributed by atoms with Gasteiger partial charge in [-0.1, -0.05) is 41.6 Å². The Morgan fingerprint density at radius 3 is 2.71 bits per heavy atom. The minimum absolute atomic E-state index is 0.0394. The van der Waals surface area contributed by atoms with Crippen molar-refractivity contribution in [1.29, 1.82) is 0 Å². The number of nitroso groups, excluding NO2 is 1. The Morgan fingerprint density at radius 2 is 2.12 bits per heavy atom. The van der Waals surface area contributed by atoms with Gasteiger partial charge in [0.1, 0.15) is 6.54 Å². The molecule has 4 heteroatoms. The van der Waals surface area contributed by atoms with Gasteiger partial charge in [-0.25, -0.2) is 0 Å². The highest BCUT2D eigenvalue weighted by atomic mass is 16.5. The molecule has 1 rings (SSSR count). The second kappa shape index (κ2) is 7.70. The molecule has 1 aromatic rings. The predicted octanol–water partition coefficient (Wildman–Crippen LogP) is 2.28. The van der Waals surface area contributed by atoms with Gasteiger partial charge < -0.3 is 9.84 Å². The van der Waals surface area contributed by atoms with Gasteiger partial charge in [-0.05, 0) is 5.56 Å². The number of nitrogens with zero attached hydrogens (tertiary/aromatic N) is 1. The lowest BCUT2D eigenvalue weighted by atomic mass is 10.1. The lowest BCUT2D eigenvalue weighted by molar-refractivity contribution is 0.0188. The number of hydrogen-bond acceptors (Lipinski definition) is 4. The highest BCUT2D eigenvalue weighted by Gasteiger charge is 2.13. The van der Waals surface area contributed by atoms with Gasteiger partial charge in [0.25, 0.3) is 0 Å². The first-order valence-corrected chi connectivity index (χ1v) is 5.51. The van der Waals surface area contributed by atoms with E-state index in [-0.39, 0.29) is 12.6 Å². The van der Waals surface area contributed by atoms with Crippen LogP contribution in [0.25, 0.3) is 0 Å². The maximum atomic E-state index is 10.3. The third-order valence-corrected chi connectivity index (χ3v) is 2.38. The summed E-state index contributed by atoms with van der Waals surface area (Å²) in [5.74, 6) is 0. The molecule has 0 bridgehead atoms. The zero-order chi connectivity index (χ0) is 12.5. The third-order valence-electron chi connectivity index (χ3n) is 2.38. The number of rotatable bonds is 8. The normalized spacial score (nSPS) is 13.9. The van der Waals surface area contributed by atoms with Crippen LogP contribution in [-0.2, 0) is 11.3 Å². The first kappa shape index (κ1) is 13.5. The smallest absolute Gasteiger partial charge is 0.107 e. The summed E-state index contributed by atoms with van der Waals surface area (Å²) >= 11 is 0. The van der Waals surface area contributed by atoms with Crippen LogP contribution in [0.2, 0.25) is 0 Å². The molecule has 0 saturated heterocycles. The van der Waals surface area contributed by atoms with Crippen LogP contribution < -0.4 is 0 Å². The van der Waals surface area contributed by atoms with Crippen molar-refractivity contribution in [2.45, 2.75) is 25.2 Å².